The van der Waals surface area contributed by atoms with Crippen LogP contribution in [0.15, 0.2) is 12.1 Å². The summed E-state index contributed by atoms with van der Waals surface area (Å²) in [7, 11) is 1.66. The van der Waals surface area contributed by atoms with Crippen LogP contribution in [0.1, 0.15) is 24.8 Å². The lowest BCUT2D eigenvalue weighted by Gasteiger charge is -2.38. The Morgan fingerprint density at radius 3 is 2.85 bits per heavy atom. The van der Waals surface area contributed by atoms with Gasteiger partial charge in [-0.15, -0.1) is 0 Å². The highest BCUT2D eigenvalue weighted by Gasteiger charge is 2.47. The van der Waals surface area contributed by atoms with Gasteiger partial charge in [0.05, 0.1) is 24.5 Å². The molecule has 1 spiro atoms. The highest BCUT2D eigenvalue weighted by atomic mass is 19.1. The molecule has 2 fully saturated rings. The number of nitrogens with zero attached hydrogens (tertiary/aromatic N) is 2. The van der Waals surface area contributed by atoms with Crippen LogP contribution in [0.25, 0.3) is 0 Å². The van der Waals surface area contributed by atoms with Crippen molar-refractivity contribution in [2.24, 2.45) is 0 Å². The van der Waals surface area contributed by atoms with Crippen LogP contribution in [0, 0.1) is 5.82 Å². The molecule has 3 aliphatic heterocycles. The molecule has 1 atom stereocenters. The van der Waals surface area contributed by atoms with E-state index in [2.05, 4.69) is 10.6 Å². The fraction of sp³-hybridized carbons (Fsp3) is 0.500. The van der Waals surface area contributed by atoms with Crippen molar-refractivity contribution < 1.29 is 23.5 Å². The Balaban J connectivity index is 1.52. The predicted octanol–water partition coefficient (Wildman–Crippen LogP) is 2.16. The van der Waals surface area contributed by atoms with Crippen LogP contribution in [0.5, 0.6) is 0 Å². The monoisotopic (exact) mass is 376 g/mol. The van der Waals surface area contributed by atoms with Gasteiger partial charge in [0.1, 0.15) is 11.4 Å². The van der Waals surface area contributed by atoms with Crippen molar-refractivity contribution in [1.29, 1.82) is 0 Å². The summed E-state index contributed by atoms with van der Waals surface area (Å²) in [5.41, 5.74) is 0.645. The van der Waals surface area contributed by atoms with E-state index in [0.717, 1.165) is 0 Å². The van der Waals surface area contributed by atoms with E-state index < -0.39 is 17.4 Å². The number of aryl methyl sites for hydroxylation is 1. The Bertz CT molecular complexity index is 830. The van der Waals surface area contributed by atoms with Crippen molar-refractivity contribution in [3.05, 3.63) is 23.5 Å². The van der Waals surface area contributed by atoms with Gasteiger partial charge in [0.25, 0.3) is 0 Å². The number of benzene rings is 1. The number of amides is 4. The summed E-state index contributed by atoms with van der Waals surface area (Å²) >= 11 is 0. The van der Waals surface area contributed by atoms with E-state index in [1.165, 1.54) is 17.0 Å². The van der Waals surface area contributed by atoms with E-state index in [4.69, 9.17) is 4.74 Å². The molecular weight excluding hydrogens is 355 g/mol. The van der Waals surface area contributed by atoms with E-state index in [-0.39, 0.29) is 30.7 Å². The second-order valence-corrected chi connectivity index (χ2v) is 7.40. The molecule has 27 heavy (non-hydrogen) atoms. The first-order chi connectivity index (χ1) is 12.8. The van der Waals surface area contributed by atoms with E-state index in [1.807, 2.05) is 0 Å². The molecule has 8 nitrogen and oxygen atoms in total. The van der Waals surface area contributed by atoms with Gasteiger partial charge in [-0.2, -0.15) is 0 Å². The number of carbonyl (C=O) groups excluding carboxylic acids is 3. The molecule has 2 N–H and O–H groups in total. The van der Waals surface area contributed by atoms with Crippen LogP contribution in [0.4, 0.5) is 25.4 Å². The molecule has 0 aliphatic carbocycles. The van der Waals surface area contributed by atoms with Gasteiger partial charge in [0.2, 0.25) is 5.91 Å². The van der Waals surface area contributed by atoms with E-state index in [1.54, 1.807) is 11.9 Å². The number of nitrogens with one attached hydrogen (secondary N) is 2. The lowest BCUT2D eigenvalue weighted by atomic mass is 9.93. The molecule has 1 aromatic rings. The Hall–Kier alpha value is -2.84. The summed E-state index contributed by atoms with van der Waals surface area (Å²) in [6.07, 6.45) is 1.72. The van der Waals surface area contributed by atoms with Crippen molar-refractivity contribution >= 4 is 29.4 Å². The summed E-state index contributed by atoms with van der Waals surface area (Å²) in [5.74, 6) is -0.635. The number of hydrogen-bond acceptors (Lipinski definition) is 4. The third kappa shape index (κ3) is 3.29. The number of hydrogen-bond donors (Lipinski definition) is 2. The van der Waals surface area contributed by atoms with Crippen LogP contribution < -0.4 is 10.6 Å². The van der Waals surface area contributed by atoms with Crippen molar-refractivity contribution in [3.63, 3.8) is 0 Å². The second kappa shape index (κ2) is 6.40. The maximum Gasteiger partial charge on any atom is 0.410 e. The van der Waals surface area contributed by atoms with Gasteiger partial charge in [0, 0.05) is 20.0 Å². The van der Waals surface area contributed by atoms with Crippen molar-refractivity contribution in [3.8, 4) is 0 Å². The summed E-state index contributed by atoms with van der Waals surface area (Å²) in [6, 6.07) is 2.16. The van der Waals surface area contributed by atoms with Gasteiger partial charge in [-0.3, -0.25) is 4.79 Å². The number of piperidine rings is 1. The molecule has 3 heterocycles. The Morgan fingerprint density at radius 1 is 1.30 bits per heavy atom. The Labute approximate surface area is 155 Å². The molecule has 144 valence electrons. The first-order valence-corrected chi connectivity index (χ1v) is 8.98. The van der Waals surface area contributed by atoms with Crippen LogP contribution >= 0.6 is 0 Å². The number of likely N-dealkylation sites (N-methyl/N-ethyl adjacent to an activating group) is 1. The zero-order chi connectivity index (χ0) is 19.2. The minimum atomic E-state index is -0.697. The molecule has 1 aromatic carbocycles. The third-order valence-corrected chi connectivity index (χ3v) is 5.28. The first-order valence-electron chi connectivity index (χ1n) is 8.98. The van der Waals surface area contributed by atoms with Gasteiger partial charge >= 0.3 is 12.1 Å². The SMILES string of the molecule is CN1CC2(CCCN(C(=O)Nc3cc(F)cc4c3NC(=O)CC4)C2)OC1=O. The van der Waals surface area contributed by atoms with Gasteiger partial charge < -0.3 is 25.2 Å². The normalized spacial score (nSPS) is 24.5. The number of likely N-dealkylation sites (tertiary alicyclic amines) is 1. The fourth-order valence-electron chi connectivity index (χ4n) is 4.03. The lowest BCUT2D eigenvalue weighted by Crippen LogP contribution is -2.53. The average Bonchev–Trinajstić information content (AvgIpc) is 2.88. The van der Waals surface area contributed by atoms with Gasteiger partial charge in [0.15, 0.2) is 0 Å². The van der Waals surface area contributed by atoms with Crippen molar-refractivity contribution in [2.75, 3.05) is 37.3 Å². The topological polar surface area (TPSA) is 91.0 Å². The van der Waals surface area contributed by atoms with E-state index >= 15 is 0 Å². The van der Waals surface area contributed by atoms with Crippen LogP contribution in [0.3, 0.4) is 0 Å². The van der Waals surface area contributed by atoms with E-state index in [0.29, 0.717) is 43.6 Å². The van der Waals surface area contributed by atoms with Crippen LogP contribution in [-0.4, -0.2) is 60.1 Å². The van der Waals surface area contributed by atoms with Crippen molar-refractivity contribution in [1.82, 2.24) is 9.80 Å². The van der Waals surface area contributed by atoms with Crippen LogP contribution in [-0.2, 0) is 16.0 Å². The maximum atomic E-state index is 13.9. The summed E-state index contributed by atoms with van der Waals surface area (Å²) in [5, 5.41) is 5.42. The fourth-order valence-corrected chi connectivity index (χ4v) is 4.03. The van der Waals surface area contributed by atoms with E-state index in [9.17, 15) is 18.8 Å². The molecule has 9 heteroatoms. The molecule has 0 radical (unpaired) electrons. The van der Waals surface area contributed by atoms with Gasteiger partial charge in [-0.25, -0.2) is 14.0 Å². The first kappa shape index (κ1) is 17.6. The van der Waals surface area contributed by atoms with Crippen molar-refractivity contribution in [2.45, 2.75) is 31.3 Å². The molecule has 0 saturated carbocycles. The van der Waals surface area contributed by atoms with Crippen LogP contribution in [0.2, 0.25) is 0 Å². The summed E-state index contributed by atoms with van der Waals surface area (Å²) in [4.78, 5) is 39.3. The number of fused-ring (bicyclic) bond motifs is 1. The Morgan fingerprint density at radius 2 is 2.11 bits per heavy atom. The predicted molar refractivity (Wildman–Crippen MR) is 95.0 cm³/mol. The average molecular weight is 376 g/mol. The quantitative estimate of drug-likeness (QED) is 0.786. The minimum absolute atomic E-state index is 0.164. The zero-order valence-corrected chi connectivity index (χ0v) is 15.0. The molecule has 1 unspecified atom stereocenters. The molecule has 2 saturated heterocycles. The number of urea groups is 1. The molecule has 4 rings (SSSR count). The van der Waals surface area contributed by atoms with Gasteiger partial charge in [-0.1, -0.05) is 0 Å². The second-order valence-electron chi connectivity index (χ2n) is 7.40. The third-order valence-electron chi connectivity index (χ3n) is 5.28. The molecular formula is C18H21FN4O4. The number of halogens is 1. The minimum Gasteiger partial charge on any atom is -0.439 e. The largest absolute Gasteiger partial charge is 0.439 e. The molecule has 3 aliphatic rings. The number of anilines is 2. The zero-order valence-electron chi connectivity index (χ0n) is 15.0. The number of rotatable bonds is 1. The van der Waals surface area contributed by atoms with Gasteiger partial charge in [-0.05, 0) is 37.0 Å². The number of ether oxygens (including phenoxy) is 1. The summed E-state index contributed by atoms with van der Waals surface area (Å²) in [6.45, 7) is 1.22. The standard InChI is InChI=1S/C18H21FN4O4/c1-22-9-18(27-17(22)26)5-2-6-23(10-18)16(25)20-13-8-12(19)7-11-3-4-14(24)21-15(11)13/h7-8H,2-6,9-10H2,1H3,(H,20,25)(H,21,24). The molecule has 4 amide bonds. The highest BCUT2D eigenvalue weighted by molar-refractivity contribution is 6.01. The number of carbonyl (C=O) groups is 3. The maximum absolute atomic E-state index is 13.9. The molecule has 0 bridgehead atoms. The lowest BCUT2D eigenvalue weighted by molar-refractivity contribution is -0.116. The summed E-state index contributed by atoms with van der Waals surface area (Å²) < 4.78 is 19.4. The molecule has 0 aromatic heterocycles. The smallest absolute Gasteiger partial charge is 0.410 e. The highest BCUT2D eigenvalue weighted by Crippen LogP contribution is 2.34. The Kier molecular flexibility index (Phi) is 4.16.